The van der Waals surface area contributed by atoms with Crippen molar-refractivity contribution in [1.82, 2.24) is 14.2 Å². The molecule has 7 heteroatoms. The van der Waals surface area contributed by atoms with E-state index in [1.807, 2.05) is 19.1 Å². The Balaban J connectivity index is 1.74. The van der Waals surface area contributed by atoms with Gasteiger partial charge in [-0.25, -0.2) is 8.42 Å². The van der Waals surface area contributed by atoms with Gasteiger partial charge < -0.3 is 4.90 Å². The molecule has 0 bridgehead atoms. The van der Waals surface area contributed by atoms with E-state index in [1.165, 1.54) is 10.6 Å². The van der Waals surface area contributed by atoms with Crippen LogP contribution in [0.25, 0.3) is 10.9 Å². The third-order valence-corrected chi connectivity index (χ3v) is 6.93. The Kier molecular flexibility index (Phi) is 4.68. The van der Waals surface area contributed by atoms with Crippen LogP contribution < -0.4 is 0 Å². The van der Waals surface area contributed by atoms with E-state index in [1.54, 1.807) is 4.90 Å². The molecular formula is C20H25N3O3S. The Morgan fingerprint density at radius 3 is 2.48 bits per heavy atom. The zero-order valence-electron chi connectivity index (χ0n) is 15.9. The minimum atomic E-state index is -3.21. The fourth-order valence-electron chi connectivity index (χ4n) is 4.16. The topological polar surface area (TPSA) is 70.6 Å². The Morgan fingerprint density at radius 1 is 1.07 bits per heavy atom. The molecule has 1 saturated heterocycles. The molecule has 27 heavy (non-hydrogen) atoms. The van der Waals surface area contributed by atoms with Crippen LogP contribution in [0, 0.1) is 6.92 Å². The van der Waals surface area contributed by atoms with Crippen LogP contribution in [-0.2, 0) is 22.9 Å². The van der Waals surface area contributed by atoms with Crippen LogP contribution in [0.15, 0.2) is 18.2 Å². The monoisotopic (exact) mass is 387 g/mol. The van der Waals surface area contributed by atoms with Crippen LogP contribution in [0.5, 0.6) is 0 Å². The molecule has 1 aliphatic carbocycles. The van der Waals surface area contributed by atoms with Gasteiger partial charge >= 0.3 is 0 Å². The summed E-state index contributed by atoms with van der Waals surface area (Å²) in [5.74, 6) is 0.0132. The third-order valence-electron chi connectivity index (χ3n) is 5.63. The number of amides is 1. The number of carbonyl (C=O) groups is 1. The van der Waals surface area contributed by atoms with E-state index < -0.39 is 10.0 Å². The molecule has 0 saturated carbocycles. The van der Waals surface area contributed by atoms with Gasteiger partial charge in [-0.15, -0.1) is 0 Å². The minimum absolute atomic E-state index is 0.0132. The number of carbonyl (C=O) groups excluding carboxylic acids is 1. The van der Waals surface area contributed by atoms with Gasteiger partial charge in [0.25, 0.3) is 5.91 Å². The predicted molar refractivity (Wildman–Crippen MR) is 105 cm³/mol. The zero-order chi connectivity index (χ0) is 19.2. The molecule has 1 aromatic heterocycles. The number of benzene rings is 1. The van der Waals surface area contributed by atoms with E-state index in [9.17, 15) is 13.2 Å². The molecule has 1 fully saturated rings. The molecule has 0 spiro atoms. The van der Waals surface area contributed by atoms with Gasteiger partial charge in [0.15, 0.2) is 0 Å². The number of piperazine rings is 1. The molecule has 144 valence electrons. The lowest BCUT2D eigenvalue weighted by atomic mass is 9.89. The first-order chi connectivity index (χ1) is 12.8. The lowest BCUT2D eigenvalue weighted by Crippen LogP contribution is -2.50. The molecule has 1 aromatic carbocycles. The molecule has 2 aromatic rings. The van der Waals surface area contributed by atoms with Crippen LogP contribution in [0.3, 0.4) is 0 Å². The van der Waals surface area contributed by atoms with E-state index in [4.69, 9.17) is 4.98 Å². The van der Waals surface area contributed by atoms with Crippen molar-refractivity contribution in [2.75, 3.05) is 32.4 Å². The molecule has 4 rings (SSSR count). The zero-order valence-corrected chi connectivity index (χ0v) is 16.7. The Hall–Kier alpha value is -1.99. The largest absolute Gasteiger partial charge is 0.336 e. The Morgan fingerprint density at radius 2 is 1.78 bits per heavy atom. The van der Waals surface area contributed by atoms with Gasteiger partial charge in [0.05, 0.1) is 17.3 Å². The maximum atomic E-state index is 13.5. The van der Waals surface area contributed by atoms with Crippen molar-refractivity contribution in [1.29, 1.82) is 0 Å². The summed E-state index contributed by atoms with van der Waals surface area (Å²) < 4.78 is 24.9. The highest BCUT2D eigenvalue weighted by atomic mass is 32.2. The van der Waals surface area contributed by atoms with Crippen LogP contribution in [0.4, 0.5) is 0 Å². The molecule has 6 nitrogen and oxygen atoms in total. The second-order valence-corrected chi connectivity index (χ2v) is 9.58. The summed E-state index contributed by atoms with van der Waals surface area (Å²) >= 11 is 0. The van der Waals surface area contributed by atoms with E-state index in [2.05, 4.69) is 6.07 Å². The summed E-state index contributed by atoms with van der Waals surface area (Å²) in [6, 6.07) is 6.08. The molecule has 2 heterocycles. The average Bonchev–Trinajstić information content (AvgIpc) is 2.65. The second kappa shape index (κ2) is 6.87. The van der Waals surface area contributed by atoms with Crippen molar-refractivity contribution in [2.45, 2.75) is 32.6 Å². The number of pyridine rings is 1. The van der Waals surface area contributed by atoms with Gasteiger partial charge in [-0.05, 0) is 50.3 Å². The van der Waals surface area contributed by atoms with Crippen molar-refractivity contribution in [3.05, 3.63) is 40.6 Å². The fourth-order valence-corrected chi connectivity index (χ4v) is 4.99. The molecule has 0 atom stereocenters. The molecule has 0 unspecified atom stereocenters. The highest BCUT2D eigenvalue weighted by molar-refractivity contribution is 7.88. The van der Waals surface area contributed by atoms with Crippen LogP contribution >= 0.6 is 0 Å². The summed E-state index contributed by atoms with van der Waals surface area (Å²) in [5.41, 5.74) is 4.91. The molecule has 0 N–H and O–H groups in total. The van der Waals surface area contributed by atoms with Crippen molar-refractivity contribution < 1.29 is 13.2 Å². The number of sulfonamides is 1. The number of hydrogen-bond donors (Lipinski definition) is 0. The van der Waals surface area contributed by atoms with E-state index >= 15 is 0 Å². The Bertz CT molecular complexity index is 1010. The summed E-state index contributed by atoms with van der Waals surface area (Å²) in [6.45, 7) is 3.59. The van der Waals surface area contributed by atoms with Crippen molar-refractivity contribution >= 4 is 26.8 Å². The van der Waals surface area contributed by atoms with Crippen LogP contribution in [0.1, 0.15) is 40.0 Å². The molecule has 2 aliphatic rings. The van der Waals surface area contributed by atoms with Gasteiger partial charge in [0.1, 0.15) is 0 Å². The number of nitrogens with zero attached hydrogens (tertiary/aromatic N) is 3. The number of rotatable bonds is 2. The second-order valence-electron chi connectivity index (χ2n) is 7.59. The maximum Gasteiger partial charge on any atom is 0.254 e. The van der Waals surface area contributed by atoms with Crippen molar-refractivity contribution in [3.63, 3.8) is 0 Å². The highest BCUT2D eigenvalue weighted by Crippen LogP contribution is 2.31. The quantitative estimate of drug-likeness (QED) is 0.792. The smallest absolute Gasteiger partial charge is 0.254 e. The van der Waals surface area contributed by atoms with Gasteiger partial charge in [0, 0.05) is 37.3 Å². The fraction of sp³-hybridized carbons (Fsp3) is 0.500. The number of aromatic nitrogens is 1. The predicted octanol–water partition coefficient (Wildman–Crippen LogP) is 2.14. The highest BCUT2D eigenvalue weighted by Gasteiger charge is 2.30. The average molecular weight is 388 g/mol. The summed E-state index contributed by atoms with van der Waals surface area (Å²) in [4.78, 5) is 20.1. The number of aryl methyl sites for hydroxylation is 2. The van der Waals surface area contributed by atoms with Crippen LogP contribution in [0.2, 0.25) is 0 Å². The first-order valence-corrected chi connectivity index (χ1v) is 11.4. The summed E-state index contributed by atoms with van der Waals surface area (Å²) in [5, 5.41) is 0.922. The van der Waals surface area contributed by atoms with E-state index in [0.717, 1.165) is 59.0 Å². The first-order valence-electron chi connectivity index (χ1n) is 9.51. The lowest BCUT2D eigenvalue weighted by Gasteiger charge is -2.34. The summed E-state index contributed by atoms with van der Waals surface area (Å²) in [7, 11) is -3.21. The normalized spacial score (nSPS) is 18.5. The van der Waals surface area contributed by atoms with Crippen molar-refractivity contribution in [3.8, 4) is 0 Å². The SMILES string of the molecule is Cc1ccc2nc3c(c(C(=O)N4CCN(S(C)(=O)=O)CC4)c2c1)CCCC3. The molecule has 0 radical (unpaired) electrons. The van der Waals surface area contributed by atoms with E-state index in [0.29, 0.717) is 26.2 Å². The van der Waals surface area contributed by atoms with Gasteiger partial charge in [0.2, 0.25) is 10.0 Å². The lowest BCUT2D eigenvalue weighted by molar-refractivity contribution is 0.0698. The van der Waals surface area contributed by atoms with Crippen LogP contribution in [-0.4, -0.2) is 60.9 Å². The maximum absolute atomic E-state index is 13.5. The summed E-state index contributed by atoms with van der Waals surface area (Å²) in [6.07, 6.45) is 5.21. The van der Waals surface area contributed by atoms with E-state index in [-0.39, 0.29) is 5.91 Å². The number of hydrogen-bond acceptors (Lipinski definition) is 4. The van der Waals surface area contributed by atoms with Crippen molar-refractivity contribution in [2.24, 2.45) is 0 Å². The van der Waals surface area contributed by atoms with Gasteiger partial charge in [-0.3, -0.25) is 9.78 Å². The van der Waals surface area contributed by atoms with Gasteiger partial charge in [-0.1, -0.05) is 11.6 Å². The number of fused-ring (bicyclic) bond motifs is 2. The third kappa shape index (κ3) is 3.46. The molecule has 1 amide bonds. The molecule has 1 aliphatic heterocycles. The minimum Gasteiger partial charge on any atom is -0.336 e. The molecular weight excluding hydrogens is 362 g/mol. The Labute approximate surface area is 160 Å². The standard InChI is InChI=1S/C20H25N3O3S/c1-14-7-8-18-16(13-14)19(15-5-3-4-6-17(15)21-18)20(24)22-9-11-23(12-10-22)27(2,25)26/h7-8,13H,3-6,9-12H2,1-2H3. The van der Waals surface area contributed by atoms with Gasteiger partial charge in [-0.2, -0.15) is 4.31 Å². The first kappa shape index (κ1) is 18.4.